The molecule has 0 aliphatic carbocycles. The van der Waals surface area contributed by atoms with Gasteiger partial charge in [-0.15, -0.1) is 0 Å². The molecule has 0 amide bonds. The summed E-state index contributed by atoms with van der Waals surface area (Å²) in [5.41, 5.74) is 0. The Hall–Kier alpha value is -0.570. The Morgan fingerprint density at radius 1 is 1.33 bits per heavy atom. The predicted molar refractivity (Wildman–Crippen MR) is 60.8 cm³/mol. The standard InChI is InChI=1S/C12H23NO2/c1-8(2)11(12(14)15)13-6-5-9(3)10(4)7-13/h8-11H,5-7H2,1-4H3,(H,14,15). The maximum Gasteiger partial charge on any atom is 0.321 e. The number of likely N-dealkylation sites (tertiary alicyclic amines) is 1. The van der Waals surface area contributed by atoms with Crippen molar-refractivity contribution in [2.45, 2.75) is 40.2 Å². The van der Waals surface area contributed by atoms with Crippen LogP contribution in [0.1, 0.15) is 34.1 Å². The van der Waals surface area contributed by atoms with Crippen LogP contribution < -0.4 is 0 Å². The fraction of sp³-hybridized carbons (Fsp3) is 0.917. The van der Waals surface area contributed by atoms with Gasteiger partial charge in [-0.25, -0.2) is 0 Å². The molecule has 1 aliphatic rings. The van der Waals surface area contributed by atoms with Gasteiger partial charge < -0.3 is 5.11 Å². The highest BCUT2D eigenvalue weighted by atomic mass is 16.4. The zero-order chi connectivity index (χ0) is 11.6. The van der Waals surface area contributed by atoms with E-state index in [4.69, 9.17) is 0 Å². The number of carboxylic acid groups (broad SMARTS) is 1. The number of carbonyl (C=O) groups is 1. The van der Waals surface area contributed by atoms with E-state index in [2.05, 4.69) is 18.7 Å². The molecule has 1 aliphatic heterocycles. The molecule has 3 unspecified atom stereocenters. The predicted octanol–water partition coefficient (Wildman–Crippen LogP) is 2.07. The lowest BCUT2D eigenvalue weighted by molar-refractivity contribution is -0.146. The average molecular weight is 213 g/mol. The minimum Gasteiger partial charge on any atom is -0.480 e. The number of nitrogens with zero attached hydrogens (tertiary/aromatic N) is 1. The second-order valence-corrected chi connectivity index (χ2v) is 5.27. The van der Waals surface area contributed by atoms with Crippen LogP contribution in [-0.4, -0.2) is 35.1 Å². The van der Waals surface area contributed by atoms with Crippen LogP contribution in [-0.2, 0) is 4.79 Å². The molecule has 0 radical (unpaired) electrons. The van der Waals surface area contributed by atoms with E-state index in [9.17, 15) is 9.90 Å². The number of hydrogen-bond acceptors (Lipinski definition) is 2. The highest BCUT2D eigenvalue weighted by Gasteiger charge is 2.33. The number of aliphatic carboxylic acids is 1. The molecule has 0 aromatic heterocycles. The van der Waals surface area contributed by atoms with E-state index >= 15 is 0 Å². The Kier molecular flexibility index (Phi) is 4.14. The monoisotopic (exact) mass is 213 g/mol. The number of hydrogen-bond donors (Lipinski definition) is 1. The fourth-order valence-electron chi connectivity index (χ4n) is 2.41. The normalized spacial score (nSPS) is 30.5. The van der Waals surface area contributed by atoms with Gasteiger partial charge >= 0.3 is 5.97 Å². The van der Waals surface area contributed by atoms with Gasteiger partial charge in [0, 0.05) is 6.54 Å². The van der Waals surface area contributed by atoms with Crippen molar-refractivity contribution in [1.29, 1.82) is 0 Å². The first-order valence-corrected chi connectivity index (χ1v) is 5.90. The van der Waals surface area contributed by atoms with E-state index in [0.29, 0.717) is 5.92 Å². The molecule has 0 aromatic rings. The number of rotatable bonds is 3. The maximum absolute atomic E-state index is 11.2. The molecule has 1 saturated heterocycles. The van der Waals surface area contributed by atoms with Gasteiger partial charge in [0.15, 0.2) is 0 Å². The molecule has 1 rings (SSSR count). The maximum atomic E-state index is 11.2. The Labute approximate surface area is 92.5 Å². The van der Waals surface area contributed by atoms with Gasteiger partial charge in [0.1, 0.15) is 6.04 Å². The van der Waals surface area contributed by atoms with Crippen LogP contribution >= 0.6 is 0 Å². The van der Waals surface area contributed by atoms with Crippen LogP contribution in [0.4, 0.5) is 0 Å². The first kappa shape index (κ1) is 12.5. The van der Waals surface area contributed by atoms with Gasteiger partial charge in [-0.3, -0.25) is 9.69 Å². The van der Waals surface area contributed by atoms with E-state index in [1.54, 1.807) is 0 Å². The first-order valence-electron chi connectivity index (χ1n) is 5.90. The van der Waals surface area contributed by atoms with E-state index in [1.165, 1.54) is 0 Å². The summed E-state index contributed by atoms with van der Waals surface area (Å²) in [4.78, 5) is 13.3. The minimum atomic E-state index is -0.674. The first-order chi connectivity index (χ1) is 6.93. The summed E-state index contributed by atoms with van der Waals surface area (Å²) in [5.74, 6) is 0.845. The number of carboxylic acids is 1. The van der Waals surface area contributed by atoms with Crippen molar-refractivity contribution in [1.82, 2.24) is 4.90 Å². The minimum absolute atomic E-state index is 0.183. The van der Waals surface area contributed by atoms with Crippen molar-refractivity contribution < 1.29 is 9.90 Å². The van der Waals surface area contributed by atoms with Gasteiger partial charge in [-0.05, 0) is 30.7 Å². The van der Waals surface area contributed by atoms with Crippen LogP contribution in [0.3, 0.4) is 0 Å². The summed E-state index contributed by atoms with van der Waals surface area (Å²) >= 11 is 0. The highest BCUT2D eigenvalue weighted by molar-refractivity contribution is 5.73. The molecule has 88 valence electrons. The lowest BCUT2D eigenvalue weighted by Crippen LogP contribution is -2.50. The SMILES string of the molecule is CC(C)C(C(=O)O)N1CCC(C)C(C)C1. The Bertz CT molecular complexity index is 228. The third-order valence-electron chi connectivity index (χ3n) is 3.64. The smallest absolute Gasteiger partial charge is 0.321 e. The zero-order valence-corrected chi connectivity index (χ0v) is 10.2. The average Bonchev–Trinajstić information content (AvgIpc) is 2.10. The second kappa shape index (κ2) is 4.97. The van der Waals surface area contributed by atoms with Crippen LogP contribution in [0.25, 0.3) is 0 Å². The van der Waals surface area contributed by atoms with Gasteiger partial charge in [-0.1, -0.05) is 27.7 Å². The van der Waals surface area contributed by atoms with Crippen LogP contribution in [0.2, 0.25) is 0 Å². The van der Waals surface area contributed by atoms with Gasteiger partial charge in [-0.2, -0.15) is 0 Å². The van der Waals surface area contributed by atoms with Gasteiger partial charge in [0.25, 0.3) is 0 Å². The van der Waals surface area contributed by atoms with Crippen LogP contribution in [0.5, 0.6) is 0 Å². The molecule has 0 saturated carbocycles. The Balaban J connectivity index is 2.66. The summed E-state index contributed by atoms with van der Waals surface area (Å²) in [6.45, 7) is 10.3. The van der Waals surface area contributed by atoms with Crippen molar-refractivity contribution >= 4 is 5.97 Å². The molecule has 0 aromatic carbocycles. The van der Waals surface area contributed by atoms with Crippen molar-refractivity contribution in [2.24, 2.45) is 17.8 Å². The molecular weight excluding hydrogens is 190 g/mol. The van der Waals surface area contributed by atoms with E-state index < -0.39 is 5.97 Å². The van der Waals surface area contributed by atoms with Gasteiger partial charge in [0.2, 0.25) is 0 Å². The Morgan fingerprint density at radius 2 is 1.93 bits per heavy atom. The molecule has 15 heavy (non-hydrogen) atoms. The quantitative estimate of drug-likeness (QED) is 0.780. The second-order valence-electron chi connectivity index (χ2n) is 5.27. The molecule has 1 N–H and O–H groups in total. The molecule has 3 atom stereocenters. The van der Waals surface area contributed by atoms with Crippen LogP contribution in [0.15, 0.2) is 0 Å². The fourth-order valence-corrected chi connectivity index (χ4v) is 2.41. The third kappa shape index (κ3) is 2.94. The summed E-state index contributed by atoms with van der Waals surface area (Å²) in [5, 5.41) is 9.21. The largest absolute Gasteiger partial charge is 0.480 e. The summed E-state index contributed by atoms with van der Waals surface area (Å²) < 4.78 is 0. The van der Waals surface area contributed by atoms with E-state index in [0.717, 1.165) is 25.4 Å². The zero-order valence-electron chi connectivity index (χ0n) is 10.2. The van der Waals surface area contributed by atoms with Crippen LogP contribution in [0, 0.1) is 17.8 Å². The molecule has 3 heteroatoms. The number of piperidine rings is 1. The molecule has 0 bridgehead atoms. The highest BCUT2D eigenvalue weighted by Crippen LogP contribution is 2.25. The van der Waals surface area contributed by atoms with E-state index in [1.807, 2.05) is 13.8 Å². The lowest BCUT2D eigenvalue weighted by Gasteiger charge is -2.39. The van der Waals surface area contributed by atoms with Crippen molar-refractivity contribution in [3.63, 3.8) is 0 Å². The van der Waals surface area contributed by atoms with E-state index in [-0.39, 0.29) is 12.0 Å². The summed E-state index contributed by atoms with van der Waals surface area (Å²) in [7, 11) is 0. The van der Waals surface area contributed by atoms with Crippen molar-refractivity contribution in [3.8, 4) is 0 Å². The van der Waals surface area contributed by atoms with Crippen molar-refractivity contribution in [3.05, 3.63) is 0 Å². The molecule has 1 heterocycles. The summed E-state index contributed by atoms with van der Waals surface area (Å²) in [6.07, 6.45) is 1.12. The lowest BCUT2D eigenvalue weighted by atomic mass is 9.87. The van der Waals surface area contributed by atoms with Gasteiger partial charge in [0.05, 0.1) is 0 Å². The van der Waals surface area contributed by atoms with Crippen molar-refractivity contribution in [2.75, 3.05) is 13.1 Å². The summed E-state index contributed by atoms with van der Waals surface area (Å²) in [6, 6.07) is -0.306. The molecule has 3 nitrogen and oxygen atoms in total. The molecule has 0 spiro atoms. The third-order valence-corrected chi connectivity index (χ3v) is 3.64. The molecular formula is C12H23NO2. The molecule has 1 fully saturated rings. The Morgan fingerprint density at radius 3 is 2.33 bits per heavy atom. The topological polar surface area (TPSA) is 40.5 Å².